The molecule has 1 N–H and O–H groups in total. The van der Waals surface area contributed by atoms with Crippen molar-refractivity contribution in [1.82, 2.24) is 0 Å². The third kappa shape index (κ3) is 2.11. The summed E-state index contributed by atoms with van der Waals surface area (Å²) in [5.74, 6) is -3.26. The molecule has 2 bridgehead atoms. The van der Waals surface area contributed by atoms with E-state index < -0.39 is 53.7 Å². The summed E-state index contributed by atoms with van der Waals surface area (Å²) in [6.45, 7) is -0.510. The smallest absolute Gasteiger partial charge is 0.393 e. The topological polar surface area (TPSA) is 66.8 Å². The summed E-state index contributed by atoms with van der Waals surface area (Å²) in [5.41, 5.74) is -2.64. The van der Waals surface area contributed by atoms with Crippen LogP contribution < -0.4 is 4.90 Å². The van der Waals surface area contributed by atoms with Crippen LogP contribution in [0.5, 0.6) is 0 Å². The quantitative estimate of drug-likeness (QED) is 0.637. The van der Waals surface area contributed by atoms with Gasteiger partial charge in [0.25, 0.3) is 0 Å². The monoisotopic (exact) mass is 373 g/mol. The zero-order valence-electron chi connectivity index (χ0n) is 12.5. The summed E-state index contributed by atoms with van der Waals surface area (Å²) >= 11 is 5.96. The lowest BCUT2D eigenvalue weighted by Gasteiger charge is -2.26. The van der Waals surface area contributed by atoms with Crippen LogP contribution in [-0.2, 0) is 20.5 Å². The fraction of sp³-hybridized carbons (Fsp3) is 0.375. The van der Waals surface area contributed by atoms with Crippen molar-refractivity contribution in [3.05, 3.63) is 40.9 Å². The van der Waals surface area contributed by atoms with E-state index in [1.165, 1.54) is 6.08 Å². The van der Waals surface area contributed by atoms with Crippen LogP contribution in [0.2, 0.25) is 5.02 Å². The highest BCUT2D eigenvalue weighted by atomic mass is 35.5. The number of hydrogen-bond acceptors (Lipinski definition) is 4. The predicted molar refractivity (Wildman–Crippen MR) is 79.8 cm³/mol. The third-order valence-electron chi connectivity index (χ3n) is 4.92. The van der Waals surface area contributed by atoms with E-state index in [0.717, 1.165) is 12.1 Å². The molecule has 1 aromatic carbocycles. The van der Waals surface area contributed by atoms with E-state index in [1.807, 2.05) is 0 Å². The van der Waals surface area contributed by atoms with Crippen LogP contribution in [0.15, 0.2) is 30.4 Å². The van der Waals surface area contributed by atoms with Gasteiger partial charge in [-0.25, -0.2) is 4.90 Å². The molecule has 2 amide bonds. The maximum atomic E-state index is 13.0. The van der Waals surface area contributed by atoms with Gasteiger partial charge in [0.15, 0.2) is 0 Å². The van der Waals surface area contributed by atoms with Gasteiger partial charge in [-0.1, -0.05) is 23.8 Å². The van der Waals surface area contributed by atoms with Crippen LogP contribution >= 0.6 is 11.6 Å². The molecule has 2 fully saturated rings. The van der Waals surface area contributed by atoms with E-state index in [2.05, 4.69) is 0 Å². The lowest BCUT2D eigenvalue weighted by molar-refractivity contribution is -0.137. The van der Waals surface area contributed by atoms with Crippen molar-refractivity contribution in [2.75, 3.05) is 11.5 Å². The molecule has 5 nitrogen and oxygen atoms in total. The Labute approximate surface area is 144 Å². The summed E-state index contributed by atoms with van der Waals surface area (Å²) in [4.78, 5) is 26.2. The summed E-state index contributed by atoms with van der Waals surface area (Å²) < 4.78 is 44.5. The first kappa shape index (κ1) is 16.6. The van der Waals surface area contributed by atoms with Gasteiger partial charge in [-0.3, -0.25) is 9.59 Å². The Morgan fingerprint density at radius 2 is 2.00 bits per heavy atom. The second kappa shape index (κ2) is 5.06. The highest BCUT2D eigenvalue weighted by molar-refractivity contribution is 6.36. The van der Waals surface area contributed by atoms with Crippen LogP contribution in [0.4, 0.5) is 18.9 Å². The molecular weight excluding hydrogens is 363 g/mol. The minimum absolute atomic E-state index is 0.144. The average molecular weight is 374 g/mol. The van der Waals surface area contributed by atoms with Gasteiger partial charge in [-0.15, -0.1) is 0 Å². The zero-order chi connectivity index (χ0) is 18.1. The number of aliphatic hydroxyl groups excluding tert-OH is 1. The first-order valence-electron chi connectivity index (χ1n) is 7.42. The van der Waals surface area contributed by atoms with E-state index in [-0.39, 0.29) is 10.7 Å². The van der Waals surface area contributed by atoms with E-state index in [9.17, 15) is 27.9 Å². The maximum absolute atomic E-state index is 13.0. The minimum Gasteiger partial charge on any atom is -0.393 e. The second-order valence-electron chi connectivity index (χ2n) is 6.23. The van der Waals surface area contributed by atoms with Crippen molar-refractivity contribution < 1.29 is 32.6 Å². The van der Waals surface area contributed by atoms with Crippen LogP contribution in [0.1, 0.15) is 5.56 Å². The predicted octanol–water partition coefficient (Wildman–Crippen LogP) is 2.16. The van der Waals surface area contributed by atoms with E-state index in [1.54, 1.807) is 6.08 Å². The first-order chi connectivity index (χ1) is 11.7. The SMILES string of the molecule is O=C1[C@H]2[C@@H]3C=C[C@](CO)(O3)[C@H]2C(=O)N1c1cc(C(F)(F)F)ccc1Cl. The second-order valence-corrected chi connectivity index (χ2v) is 6.64. The largest absolute Gasteiger partial charge is 0.416 e. The maximum Gasteiger partial charge on any atom is 0.416 e. The summed E-state index contributed by atoms with van der Waals surface area (Å²) in [5, 5.41) is 9.48. The summed E-state index contributed by atoms with van der Waals surface area (Å²) in [7, 11) is 0. The lowest BCUT2D eigenvalue weighted by Crippen LogP contribution is -2.43. The number of nitrogens with zero attached hydrogens (tertiary/aromatic N) is 1. The molecule has 0 saturated carbocycles. The molecule has 9 heteroatoms. The number of anilines is 1. The zero-order valence-corrected chi connectivity index (χ0v) is 13.2. The van der Waals surface area contributed by atoms with Crippen LogP contribution in [0.25, 0.3) is 0 Å². The average Bonchev–Trinajstić information content (AvgIpc) is 3.19. The molecule has 0 unspecified atom stereocenters. The number of rotatable bonds is 2. The van der Waals surface area contributed by atoms with Gasteiger partial charge in [0.05, 0.1) is 40.8 Å². The standard InChI is InChI=1S/C16H11ClF3NO4/c17-8-2-1-7(16(18,19)20)5-9(8)21-13(23)11-10-3-4-15(6-22,25-10)12(11)14(21)24/h1-5,10-12,22H,6H2/t10-,11-,12+,15+/m0/s1. The van der Waals surface area contributed by atoms with E-state index in [0.29, 0.717) is 11.0 Å². The van der Waals surface area contributed by atoms with Crippen molar-refractivity contribution in [2.45, 2.75) is 17.9 Å². The highest BCUT2D eigenvalue weighted by Crippen LogP contribution is 2.53. The molecule has 132 valence electrons. The van der Waals surface area contributed by atoms with Crippen molar-refractivity contribution in [3.8, 4) is 0 Å². The number of ether oxygens (including phenoxy) is 1. The normalized spacial score (nSPS) is 33.5. The van der Waals surface area contributed by atoms with E-state index >= 15 is 0 Å². The van der Waals surface area contributed by atoms with Crippen LogP contribution in [0.3, 0.4) is 0 Å². The Kier molecular flexibility index (Phi) is 3.35. The molecule has 0 spiro atoms. The number of aliphatic hydroxyl groups is 1. The van der Waals surface area contributed by atoms with Crippen molar-refractivity contribution >= 4 is 29.1 Å². The Balaban J connectivity index is 1.79. The van der Waals surface area contributed by atoms with Gasteiger partial charge in [-0.05, 0) is 18.2 Å². The molecule has 1 aromatic rings. The Hall–Kier alpha value is -1.90. The number of carbonyl (C=O) groups excluding carboxylic acids is 2. The van der Waals surface area contributed by atoms with Gasteiger partial charge in [-0.2, -0.15) is 13.2 Å². The molecule has 4 atom stereocenters. The van der Waals surface area contributed by atoms with E-state index in [4.69, 9.17) is 16.3 Å². The molecule has 0 aliphatic carbocycles. The van der Waals surface area contributed by atoms with Crippen molar-refractivity contribution in [2.24, 2.45) is 11.8 Å². The fourth-order valence-electron chi connectivity index (χ4n) is 3.78. The van der Waals surface area contributed by atoms with Gasteiger partial charge < -0.3 is 9.84 Å². The number of hydrogen-bond donors (Lipinski definition) is 1. The van der Waals surface area contributed by atoms with Gasteiger partial charge in [0.2, 0.25) is 11.8 Å². The van der Waals surface area contributed by atoms with Crippen LogP contribution in [0, 0.1) is 11.8 Å². The molecule has 25 heavy (non-hydrogen) atoms. The van der Waals surface area contributed by atoms with Gasteiger partial charge in [0.1, 0.15) is 5.60 Å². The van der Waals surface area contributed by atoms with Crippen molar-refractivity contribution in [1.29, 1.82) is 0 Å². The van der Waals surface area contributed by atoms with Gasteiger partial charge in [0, 0.05) is 0 Å². The molecule has 3 aliphatic rings. The Bertz CT molecular complexity index is 824. The van der Waals surface area contributed by atoms with Gasteiger partial charge >= 0.3 is 6.18 Å². The van der Waals surface area contributed by atoms with Crippen LogP contribution in [-0.4, -0.2) is 35.2 Å². The molecule has 3 heterocycles. The molecule has 4 rings (SSSR count). The van der Waals surface area contributed by atoms with Crippen molar-refractivity contribution in [3.63, 3.8) is 0 Å². The Morgan fingerprint density at radius 1 is 1.28 bits per heavy atom. The number of alkyl halides is 3. The minimum atomic E-state index is -4.64. The molecular formula is C16H11ClF3NO4. The lowest BCUT2D eigenvalue weighted by atomic mass is 9.77. The number of carbonyl (C=O) groups is 2. The number of fused-ring (bicyclic) bond motifs is 5. The fourth-order valence-corrected chi connectivity index (χ4v) is 3.98. The number of amides is 2. The summed E-state index contributed by atoms with van der Waals surface area (Å²) in [6, 6.07) is 2.46. The summed E-state index contributed by atoms with van der Waals surface area (Å²) in [6.07, 6.45) is -2.22. The molecule has 0 radical (unpaired) electrons. The third-order valence-corrected chi connectivity index (χ3v) is 5.24. The molecule has 0 aromatic heterocycles. The Morgan fingerprint density at radius 3 is 2.64 bits per heavy atom. The number of halogens is 4. The number of benzene rings is 1. The first-order valence-corrected chi connectivity index (χ1v) is 7.80. The number of imide groups is 1. The molecule has 2 saturated heterocycles. The molecule has 3 aliphatic heterocycles. The highest BCUT2D eigenvalue weighted by Gasteiger charge is 2.67.